The van der Waals surface area contributed by atoms with Crippen LogP contribution in [0.25, 0.3) is 0 Å². The third-order valence-electron chi connectivity index (χ3n) is 2.22. The number of esters is 1. The number of nitrogens with one attached hydrogen (secondary N) is 1. The van der Waals surface area contributed by atoms with Gasteiger partial charge in [0.2, 0.25) is 0 Å². The molecule has 0 aliphatic carbocycles. The first kappa shape index (κ1) is 12.7. The van der Waals surface area contributed by atoms with Crippen molar-refractivity contribution in [1.29, 1.82) is 0 Å². The Morgan fingerprint density at radius 3 is 2.75 bits per heavy atom. The summed E-state index contributed by atoms with van der Waals surface area (Å²) in [7, 11) is 3.04. The van der Waals surface area contributed by atoms with Gasteiger partial charge in [-0.3, -0.25) is 0 Å². The molecule has 0 heterocycles. The predicted octanol–water partition coefficient (Wildman–Crippen LogP) is 1.21. The van der Waals surface area contributed by atoms with Gasteiger partial charge in [0, 0.05) is 20.2 Å². The molecule has 0 saturated carbocycles. The Kier molecular flexibility index (Phi) is 5.53. The van der Waals surface area contributed by atoms with Crippen molar-refractivity contribution in [3.05, 3.63) is 35.4 Å². The Balaban J connectivity index is 2.60. The molecule has 16 heavy (non-hydrogen) atoms. The molecule has 0 aromatic heterocycles. The lowest BCUT2D eigenvalue weighted by atomic mass is 10.1. The van der Waals surface area contributed by atoms with E-state index < -0.39 is 0 Å². The van der Waals surface area contributed by atoms with E-state index in [-0.39, 0.29) is 5.97 Å². The maximum absolute atomic E-state index is 11.4. The molecule has 0 radical (unpaired) electrons. The number of benzene rings is 1. The monoisotopic (exact) mass is 223 g/mol. The number of hydrogen-bond donors (Lipinski definition) is 1. The van der Waals surface area contributed by atoms with Crippen LogP contribution in [0.2, 0.25) is 0 Å². The molecule has 1 aromatic carbocycles. The highest BCUT2D eigenvalue weighted by Crippen LogP contribution is 2.09. The molecule has 4 nitrogen and oxygen atoms in total. The van der Waals surface area contributed by atoms with E-state index in [4.69, 9.17) is 9.47 Å². The minimum absolute atomic E-state index is 0.302. The third kappa shape index (κ3) is 3.64. The second kappa shape index (κ2) is 6.98. The van der Waals surface area contributed by atoms with Crippen LogP contribution in [0.5, 0.6) is 0 Å². The minimum atomic E-state index is -0.302. The van der Waals surface area contributed by atoms with Gasteiger partial charge < -0.3 is 14.8 Å². The summed E-state index contributed by atoms with van der Waals surface area (Å²) in [5.41, 5.74) is 1.54. The summed E-state index contributed by atoms with van der Waals surface area (Å²) >= 11 is 0. The maximum atomic E-state index is 11.4. The van der Waals surface area contributed by atoms with Crippen molar-refractivity contribution >= 4 is 5.97 Å². The highest BCUT2D eigenvalue weighted by atomic mass is 16.5. The fourth-order valence-corrected chi connectivity index (χ4v) is 1.38. The standard InChI is InChI=1S/C12H17NO3/c1-15-8-7-13-9-10-5-3-4-6-11(10)12(14)16-2/h3-6,13H,7-9H2,1-2H3. The molecule has 0 aliphatic heterocycles. The van der Waals surface area contributed by atoms with Gasteiger partial charge in [0.05, 0.1) is 19.3 Å². The summed E-state index contributed by atoms with van der Waals surface area (Å²) in [4.78, 5) is 11.4. The molecule has 4 heteroatoms. The number of hydrogen-bond acceptors (Lipinski definition) is 4. The quantitative estimate of drug-likeness (QED) is 0.581. The van der Waals surface area contributed by atoms with Crippen molar-refractivity contribution in [2.24, 2.45) is 0 Å². The summed E-state index contributed by atoms with van der Waals surface area (Å²) in [6.07, 6.45) is 0. The van der Waals surface area contributed by atoms with Gasteiger partial charge in [-0.15, -0.1) is 0 Å². The van der Waals surface area contributed by atoms with E-state index in [2.05, 4.69) is 5.32 Å². The zero-order valence-corrected chi connectivity index (χ0v) is 9.66. The lowest BCUT2D eigenvalue weighted by Gasteiger charge is -2.08. The number of carbonyl (C=O) groups is 1. The van der Waals surface area contributed by atoms with Gasteiger partial charge in [0.15, 0.2) is 0 Å². The molecule has 0 fully saturated rings. The van der Waals surface area contributed by atoms with Crippen LogP contribution >= 0.6 is 0 Å². The highest BCUT2D eigenvalue weighted by Gasteiger charge is 2.09. The summed E-state index contributed by atoms with van der Waals surface area (Å²) in [5, 5.41) is 3.19. The van der Waals surface area contributed by atoms with Crippen molar-refractivity contribution in [2.75, 3.05) is 27.4 Å². The Morgan fingerprint density at radius 2 is 2.06 bits per heavy atom. The Morgan fingerprint density at radius 1 is 1.31 bits per heavy atom. The van der Waals surface area contributed by atoms with Gasteiger partial charge in [0.1, 0.15) is 0 Å². The lowest BCUT2D eigenvalue weighted by molar-refractivity contribution is 0.0599. The molecular formula is C12H17NO3. The van der Waals surface area contributed by atoms with Gasteiger partial charge in [-0.1, -0.05) is 18.2 Å². The largest absolute Gasteiger partial charge is 0.465 e. The summed E-state index contributed by atoms with van der Waals surface area (Å²) in [6, 6.07) is 7.40. The Hall–Kier alpha value is -1.39. The topological polar surface area (TPSA) is 47.6 Å². The minimum Gasteiger partial charge on any atom is -0.465 e. The van der Waals surface area contributed by atoms with Crippen LogP contribution in [-0.4, -0.2) is 33.3 Å². The smallest absolute Gasteiger partial charge is 0.338 e. The van der Waals surface area contributed by atoms with Crippen molar-refractivity contribution < 1.29 is 14.3 Å². The molecule has 88 valence electrons. The second-order valence-electron chi connectivity index (χ2n) is 3.32. The Labute approximate surface area is 95.6 Å². The molecule has 1 N–H and O–H groups in total. The fraction of sp³-hybridized carbons (Fsp3) is 0.417. The summed E-state index contributed by atoms with van der Waals surface area (Å²) in [6.45, 7) is 2.04. The zero-order chi connectivity index (χ0) is 11.8. The summed E-state index contributed by atoms with van der Waals surface area (Å²) in [5.74, 6) is -0.302. The molecule has 1 aromatic rings. The number of ether oxygens (including phenoxy) is 2. The van der Waals surface area contributed by atoms with Crippen LogP contribution in [-0.2, 0) is 16.0 Å². The average Bonchev–Trinajstić information content (AvgIpc) is 2.34. The first-order chi connectivity index (χ1) is 7.79. The highest BCUT2D eigenvalue weighted by molar-refractivity contribution is 5.90. The van der Waals surface area contributed by atoms with E-state index in [0.717, 1.165) is 12.1 Å². The molecule has 0 amide bonds. The van der Waals surface area contributed by atoms with E-state index in [1.807, 2.05) is 18.2 Å². The number of methoxy groups -OCH3 is 2. The zero-order valence-electron chi connectivity index (χ0n) is 9.66. The van der Waals surface area contributed by atoms with E-state index in [1.165, 1.54) is 7.11 Å². The van der Waals surface area contributed by atoms with Gasteiger partial charge in [0.25, 0.3) is 0 Å². The van der Waals surface area contributed by atoms with Crippen molar-refractivity contribution in [3.8, 4) is 0 Å². The van der Waals surface area contributed by atoms with Gasteiger partial charge in [-0.05, 0) is 11.6 Å². The van der Waals surface area contributed by atoms with Crippen LogP contribution in [0.15, 0.2) is 24.3 Å². The van der Waals surface area contributed by atoms with Crippen molar-refractivity contribution in [3.63, 3.8) is 0 Å². The van der Waals surface area contributed by atoms with Crippen LogP contribution in [0, 0.1) is 0 Å². The maximum Gasteiger partial charge on any atom is 0.338 e. The molecule has 1 rings (SSSR count). The second-order valence-corrected chi connectivity index (χ2v) is 3.32. The van der Waals surface area contributed by atoms with E-state index in [0.29, 0.717) is 18.7 Å². The van der Waals surface area contributed by atoms with Crippen LogP contribution in [0.1, 0.15) is 15.9 Å². The third-order valence-corrected chi connectivity index (χ3v) is 2.22. The predicted molar refractivity (Wildman–Crippen MR) is 61.4 cm³/mol. The fourth-order valence-electron chi connectivity index (χ4n) is 1.38. The Bertz CT molecular complexity index is 339. The van der Waals surface area contributed by atoms with Crippen LogP contribution in [0.4, 0.5) is 0 Å². The summed E-state index contributed by atoms with van der Waals surface area (Å²) < 4.78 is 9.64. The molecular weight excluding hydrogens is 206 g/mol. The average molecular weight is 223 g/mol. The number of carbonyl (C=O) groups excluding carboxylic acids is 1. The van der Waals surface area contributed by atoms with Crippen LogP contribution < -0.4 is 5.32 Å². The van der Waals surface area contributed by atoms with E-state index in [9.17, 15) is 4.79 Å². The number of rotatable bonds is 6. The van der Waals surface area contributed by atoms with Crippen LogP contribution in [0.3, 0.4) is 0 Å². The molecule has 0 aliphatic rings. The first-order valence-electron chi connectivity index (χ1n) is 5.15. The molecule has 0 spiro atoms. The first-order valence-corrected chi connectivity index (χ1v) is 5.15. The normalized spacial score (nSPS) is 10.1. The molecule has 0 atom stereocenters. The van der Waals surface area contributed by atoms with E-state index in [1.54, 1.807) is 13.2 Å². The lowest BCUT2D eigenvalue weighted by Crippen LogP contribution is -2.20. The molecule has 0 saturated heterocycles. The van der Waals surface area contributed by atoms with E-state index >= 15 is 0 Å². The van der Waals surface area contributed by atoms with Gasteiger partial charge in [-0.25, -0.2) is 4.79 Å². The van der Waals surface area contributed by atoms with Crippen molar-refractivity contribution in [2.45, 2.75) is 6.54 Å². The molecule has 0 unspecified atom stereocenters. The SMILES string of the molecule is COCCNCc1ccccc1C(=O)OC. The van der Waals surface area contributed by atoms with Crippen molar-refractivity contribution in [1.82, 2.24) is 5.32 Å². The van der Waals surface area contributed by atoms with Gasteiger partial charge in [-0.2, -0.15) is 0 Å². The molecule has 0 bridgehead atoms. The van der Waals surface area contributed by atoms with Gasteiger partial charge >= 0.3 is 5.97 Å².